The molecule has 0 N–H and O–H groups in total. The van der Waals surface area contributed by atoms with Crippen molar-refractivity contribution in [2.75, 3.05) is 20.2 Å². The summed E-state index contributed by atoms with van der Waals surface area (Å²) >= 11 is 0. The fraction of sp³-hybridized carbons (Fsp3) is 0.350. The molecular formula is C20H22N4O2. The van der Waals surface area contributed by atoms with Crippen LogP contribution in [0.15, 0.2) is 42.6 Å². The molecule has 0 radical (unpaired) electrons. The van der Waals surface area contributed by atoms with Crippen molar-refractivity contribution in [2.24, 2.45) is 7.05 Å². The van der Waals surface area contributed by atoms with Crippen molar-refractivity contribution in [1.82, 2.24) is 19.7 Å². The number of rotatable bonds is 3. The number of hydrogen-bond acceptors (Lipinski definition) is 4. The van der Waals surface area contributed by atoms with Crippen molar-refractivity contribution in [3.05, 3.63) is 53.9 Å². The zero-order chi connectivity index (χ0) is 18.1. The molecule has 1 fully saturated rings. The standard InChI is InChI=1S/C20H22N4O2/c1-23-19-17(9-4-10-21-19)18(22-23)15-7-5-11-24(13-15)20(25)14-6-3-8-16(12-14)26-2/h3-4,6,8-10,12,15H,5,7,11,13H2,1-2H3/t15-/m1/s1. The zero-order valence-electron chi connectivity index (χ0n) is 15.1. The second-order valence-corrected chi connectivity index (χ2v) is 6.71. The first-order valence-electron chi connectivity index (χ1n) is 8.88. The summed E-state index contributed by atoms with van der Waals surface area (Å²) in [5.41, 5.74) is 2.59. The van der Waals surface area contributed by atoms with Crippen molar-refractivity contribution in [3.8, 4) is 5.75 Å². The third-order valence-corrected chi connectivity index (χ3v) is 5.04. The predicted molar refractivity (Wildman–Crippen MR) is 99.4 cm³/mol. The summed E-state index contributed by atoms with van der Waals surface area (Å²) < 4.78 is 7.07. The molecule has 26 heavy (non-hydrogen) atoms. The van der Waals surface area contributed by atoms with Gasteiger partial charge in [-0.3, -0.25) is 9.48 Å². The number of fused-ring (bicyclic) bond motifs is 1. The molecule has 2 aromatic heterocycles. The minimum Gasteiger partial charge on any atom is -0.497 e. The van der Waals surface area contributed by atoms with Gasteiger partial charge in [0.2, 0.25) is 0 Å². The number of pyridine rings is 1. The fourth-order valence-corrected chi connectivity index (χ4v) is 3.74. The number of nitrogens with zero attached hydrogens (tertiary/aromatic N) is 4. The minimum absolute atomic E-state index is 0.0481. The molecule has 0 spiro atoms. The smallest absolute Gasteiger partial charge is 0.254 e. The second-order valence-electron chi connectivity index (χ2n) is 6.71. The maximum Gasteiger partial charge on any atom is 0.254 e. The van der Waals surface area contributed by atoms with Crippen molar-refractivity contribution in [1.29, 1.82) is 0 Å². The second kappa shape index (κ2) is 6.78. The summed E-state index contributed by atoms with van der Waals surface area (Å²) in [7, 11) is 3.53. The van der Waals surface area contributed by atoms with Gasteiger partial charge in [-0.15, -0.1) is 0 Å². The normalized spacial score (nSPS) is 17.5. The number of carbonyl (C=O) groups is 1. The van der Waals surface area contributed by atoms with Gasteiger partial charge >= 0.3 is 0 Å². The first-order chi connectivity index (χ1) is 12.7. The molecule has 0 unspecified atom stereocenters. The van der Waals surface area contributed by atoms with Gasteiger partial charge in [-0.05, 0) is 43.2 Å². The largest absolute Gasteiger partial charge is 0.497 e. The van der Waals surface area contributed by atoms with Crippen molar-refractivity contribution < 1.29 is 9.53 Å². The van der Waals surface area contributed by atoms with E-state index in [1.807, 2.05) is 40.9 Å². The molecule has 0 aliphatic carbocycles. The Hall–Kier alpha value is -2.89. The van der Waals surface area contributed by atoms with Gasteiger partial charge in [0.1, 0.15) is 5.75 Å². The number of hydrogen-bond donors (Lipinski definition) is 0. The van der Waals surface area contributed by atoms with Crippen LogP contribution >= 0.6 is 0 Å². The lowest BCUT2D eigenvalue weighted by Gasteiger charge is -2.32. The number of benzene rings is 1. The van der Waals surface area contributed by atoms with Gasteiger partial charge in [0.05, 0.1) is 12.8 Å². The van der Waals surface area contributed by atoms with Gasteiger partial charge in [0, 0.05) is 43.2 Å². The van der Waals surface area contributed by atoms with Crippen LogP contribution in [0.1, 0.15) is 34.8 Å². The monoisotopic (exact) mass is 350 g/mol. The minimum atomic E-state index is 0.0481. The number of likely N-dealkylation sites (tertiary alicyclic amines) is 1. The SMILES string of the molecule is COc1cccc(C(=O)N2CCC[C@@H](c3nn(C)c4ncccc34)C2)c1. The average Bonchev–Trinajstić information content (AvgIpc) is 3.04. The molecule has 3 aromatic rings. The number of piperidine rings is 1. The lowest BCUT2D eigenvalue weighted by atomic mass is 9.93. The predicted octanol–water partition coefficient (Wildman–Crippen LogP) is 3.00. The Morgan fingerprint density at radius 1 is 1.27 bits per heavy atom. The fourth-order valence-electron chi connectivity index (χ4n) is 3.74. The van der Waals surface area contributed by atoms with Crippen molar-refractivity contribution in [3.63, 3.8) is 0 Å². The number of aromatic nitrogens is 3. The van der Waals surface area contributed by atoms with E-state index in [9.17, 15) is 4.79 Å². The molecule has 1 aromatic carbocycles. The van der Waals surface area contributed by atoms with Crippen LogP contribution < -0.4 is 4.74 Å². The molecule has 1 aliphatic heterocycles. The van der Waals surface area contributed by atoms with Crippen LogP contribution in [-0.4, -0.2) is 45.8 Å². The van der Waals surface area contributed by atoms with Gasteiger partial charge in [0.25, 0.3) is 5.91 Å². The Bertz CT molecular complexity index is 950. The van der Waals surface area contributed by atoms with E-state index in [0.29, 0.717) is 17.9 Å². The van der Waals surface area contributed by atoms with E-state index < -0.39 is 0 Å². The highest BCUT2D eigenvalue weighted by molar-refractivity contribution is 5.94. The summed E-state index contributed by atoms with van der Waals surface area (Å²) in [5.74, 6) is 0.976. The summed E-state index contributed by atoms with van der Waals surface area (Å²) in [6.45, 7) is 1.45. The van der Waals surface area contributed by atoms with Crippen LogP contribution in [0.4, 0.5) is 0 Å². The number of methoxy groups -OCH3 is 1. The first-order valence-corrected chi connectivity index (χ1v) is 8.88. The first kappa shape index (κ1) is 16.6. The molecule has 0 bridgehead atoms. The summed E-state index contributed by atoms with van der Waals surface area (Å²) in [4.78, 5) is 19.3. The van der Waals surface area contributed by atoms with E-state index >= 15 is 0 Å². The van der Waals surface area contributed by atoms with Gasteiger partial charge in [-0.1, -0.05) is 6.07 Å². The molecule has 4 rings (SSSR count). The topological polar surface area (TPSA) is 60.2 Å². The summed E-state index contributed by atoms with van der Waals surface area (Å²) in [6.07, 6.45) is 3.79. The molecular weight excluding hydrogens is 328 g/mol. The lowest BCUT2D eigenvalue weighted by Crippen LogP contribution is -2.39. The molecule has 6 heteroatoms. The van der Waals surface area contributed by atoms with E-state index in [1.54, 1.807) is 19.4 Å². The van der Waals surface area contributed by atoms with Crippen LogP contribution in [0.3, 0.4) is 0 Å². The molecule has 134 valence electrons. The molecule has 1 amide bonds. The van der Waals surface area contributed by atoms with E-state index in [2.05, 4.69) is 11.1 Å². The Balaban J connectivity index is 1.60. The number of amides is 1. The molecule has 1 atom stereocenters. The molecule has 1 aliphatic rings. The highest BCUT2D eigenvalue weighted by atomic mass is 16.5. The molecule has 3 heterocycles. The van der Waals surface area contributed by atoms with Crippen LogP contribution in [0.5, 0.6) is 5.75 Å². The highest BCUT2D eigenvalue weighted by Gasteiger charge is 2.28. The third-order valence-electron chi connectivity index (χ3n) is 5.04. The Labute approximate surface area is 152 Å². The number of carbonyl (C=O) groups excluding carboxylic acids is 1. The van der Waals surface area contributed by atoms with E-state index in [4.69, 9.17) is 9.84 Å². The van der Waals surface area contributed by atoms with Crippen LogP contribution in [0.2, 0.25) is 0 Å². The van der Waals surface area contributed by atoms with Gasteiger partial charge in [0.15, 0.2) is 5.65 Å². The Morgan fingerprint density at radius 3 is 3.00 bits per heavy atom. The summed E-state index contributed by atoms with van der Waals surface area (Å²) in [6, 6.07) is 11.3. The maximum absolute atomic E-state index is 12.9. The number of ether oxygens (including phenoxy) is 1. The van der Waals surface area contributed by atoms with Crippen molar-refractivity contribution in [2.45, 2.75) is 18.8 Å². The molecule has 6 nitrogen and oxygen atoms in total. The summed E-state index contributed by atoms with van der Waals surface area (Å²) in [5, 5.41) is 5.78. The molecule has 1 saturated heterocycles. The van der Waals surface area contributed by atoms with Crippen molar-refractivity contribution >= 4 is 16.9 Å². The van der Waals surface area contributed by atoms with E-state index in [-0.39, 0.29) is 11.8 Å². The zero-order valence-corrected chi connectivity index (χ0v) is 15.1. The Kier molecular flexibility index (Phi) is 4.32. The average molecular weight is 350 g/mol. The lowest BCUT2D eigenvalue weighted by molar-refractivity contribution is 0.0705. The van der Waals surface area contributed by atoms with Crippen LogP contribution in [-0.2, 0) is 7.05 Å². The van der Waals surface area contributed by atoms with Gasteiger partial charge < -0.3 is 9.64 Å². The quantitative estimate of drug-likeness (QED) is 0.729. The van der Waals surface area contributed by atoms with Gasteiger partial charge in [-0.25, -0.2) is 4.98 Å². The van der Waals surface area contributed by atoms with E-state index in [1.165, 1.54) is 0 Å². The van der Waals surface area contributed by atoms with E-state index in [0.717, 1.165) is 36.1 Å². The van der Waals surface area contributed by atoms with Crippen LogP contribution in [0.25, 0.3) is 11.0 Å². The highest BCUT2D eigenvalue weighted by Crippen LogP contribution is 2.31. The third kappa shape index (κ3) is 2.92. The number of aryl methyl sites for hydroxylation is 1. The molecule has 0 saturated carbocycles. The van der Waals surface area contributed by atoms with Gasteiger partial charge in [-0.2, -0.15) is 5.10 Å². The van der Waals surface area contributed by atoms with Crippen LogP contribution in [0, 0.1) is 0 Å². The maximum atomic E-state index is 12.9. The Morgan fingerprint density at radius 2 is 2.15 bits per heavy atom.